The minimum absolute atomic E-state index is 0.280. The second-order valence-electron chi connectivity index (χ2n) is 4.83. The van der Waals surface area contributed by atoms with Crippen molar-refractivity contribution in [2.24, 2.45) is 0 Å². The maximum absolute atomic E-state index is 11.3. The van der Waals surface area contributed by atoms with Crippen LogP contribution in [0.15, 0.2) is 60.7 Å². The number of benzene rings is 3. The molecule has 0 aliphatic carbocycles. The topological polar surface area (TPSA) is 46.5 Å². The first-order valence-corrected chi connectivity index (χ1v) is 6.65. The Hall–Kier alpha value is -2.81. The number of carboxylic acids is 1. The van der Waals surface area contributed by atoms with Crippen molar-refractivity contribution in [1.82, 2.24) is 0 Å². The Morgan fingerprint density at radius 3 is 2.24 bits per heavy atom. The Kier molecular flexibility index (Phi) is 3.32. The second-order valence-corrected chi connectivity index (χ2v) is 4.83. The van der Waals surface area contributed by atoms with Gasteiger partial charge in [0.2, 0.25) is 0 Å². The van der Waals surface area contributed by atoms with Crippen molar-refractivity contribution in [1.29, 1.82) is 0 Å². The number of fused-ring (bicyclic) bond motifs is 1. The predicted molar refractivity (Wildman–Crippen MR) is 82.2 cm³/mol. The van der Waals surface area contributed by atoms with Crippen molar-refractivity contribution in [3.63, 3.8) is 0 Å². The average Bonchev–Trinajstić information content (AvgIpc) is 2.49. The third-order valence-electron chi connectivity index (χ3n) is 3.43. The molecule has 3 aromatic carbocycles. The van der Waals surface area contributed by atoms with E-state index in [0.717, 1.165) is 16.7 Å². The van der Waals surface area contributed by atoms with Crippen LogP contribution in [-0.4, -0.2) is 11.1 Å². The van der Waals surface area contributed by atoms with E-state index in [1.165, 1.54) is 0 Å². The van der Waals surface area contributed by atoms with E-state index in [9.17, 15) is 9.90 Å². The number of hydrogen-bond donors (Lipinski definition) is 1. The van der Waals surface area contributed by atoms with Crippen LogP contribution in [-0.2, 0) is 0 Å². The SMILES string of the molecule is Cc1ccccc1Oc1ccc(C(=O)O)c2ccccc12. The molecule has 21 heavy (non-hydrogen) atoms. The van der Waals surface area contributed by atoms with Crippen molar-refractivity contribution in [3.8, 4) is 11.5 Å². The molecule has 0 saturated heterocycles. The van der Waals surface area contributed by atoms with Crippen LogP contribution in [0.3, 0.4) is 0 Å². The van der Waals surface area contributed by atoms with Crippen molar-refractivity contribution in [2.75, 3.05) is 0 Å². The van der Waals surface area contributed by atoms with Gasteiger partial charge in [-0.15, -0.1) is 0 Å². The lowest BCUT2D eigenvalue weighted by Crippen LogP contribution is -1.98. The lowest BCUT2D eigenvalue weighted by Gasteiger charge is -2.12. The summed E-state index contributed by atoms with van der Waals surface area (Å²) >= 11 is 0. The normalized spacial score (nSPS) is 10.5. The molecule has 0 unspecified atom stereocenters. The Bertz CT molecular complexity index is 822. The van der Waals surface area contributed by atoms with Gasteiger partial charge < -0.3 is 9.84 Å². The number of aromatic carboxylic acids is 1. The fourth-order valence-electron chi connectivity index (χ4n) is 2.34. The number of para-hydroxylation sites is 1. The molecule has 0 radical (unpaired) electrons. The Morgan fingerprint density at radius 2 is 1.52 bits per heavy atom. The average molecular weight is 278 g/mol. The van der Waals surface area contributed by atoms with Gasteiger partial charge in [0, 0.05) is 5.39 Å². The number of rotatable bonds is 3. The third-order valence-corrected chi connectivity index (χ3v) is 3.43. The number of ether oxygens (including phenoxy) is 1. The zero-order chi connectivity index (χ0) is 14.8. The summed E-state index contributed by atoms with van der Waals surface area (Å²) in [6, 6.07) is 18.4. The van der Waals surface area contributed by atoms with E-state index in [-0.39, 0.29) is 5.56 Å². The maximum atomic E-state index is 11.3. The zero-order valence-electron chi connectivity index (χ0n) is 11.5. The maximum Gasteiger partial charge on any atom is 0.336 e. The highest BCUT2D eigenvalue weighted by Crippen LogP contribution is 2.33. The molecule has 3 nitrogen and oxygen atoms in total. The first-order chi connectivity index (χ1) is 10.2. The summed E-state index contributed by atoms with van der Waals surface area (Å²) in [4.78, 5) is 11.3. The van der Waals surface area contributed by atoms with Crippen molar-refractivity contribution >= 4 is 16.7 Å². The van der Waals surface area contributed by atoms with Gasteiger partial charge in [0.1, 0.15) is 11.5 Å². The molecular weight excluding hydrogens is 264 g/mol. The van der Waals surface area contributed by atoms with E-state index in [1.807, 2.05) is 49.4 Å². The molecule has 0 amide bonds. The quantitative estimate of drug-likeness (QED) is 0.759. The monoisotopic (exact) mass is 278 g/mol. The highest BCUT2D eigenvalue weighted by molar-refractivity contribution is 6.05. The first-order valence-electron chi connectivity index (χ1n) is 6.65. The first kappa shape index (κ1) is 13.2. The van der Waals surface area contributed by atoms with Gasteiger partial charge in [-0.25, -0.2) is 4.79 Å². The summed E-state index contributed by atoms with van der Waals surface area (Å²) in [5.74, 6) is 0.490. The standard InChI is InChI=1S/C18H14O3/c1-12-6-2-5-9-16(12)21-17-11-10-15(18(19)20)13-7-3-4-8-14(13)17/h2-11H,1H3,(H,19,20). The predicted octanol–water partition coefficient (Wildman–Crippen LogP) is 4.64. The van der Waals surface area contributed by atoms with Crippen molar-refractivity contribution in [2.45, 2.75) is 6.92 Å². The summed E-state index contributed by atoms with van der Waals surface area (Å²) in [7, 11) is 0. The molecular formula is C18H14O3. The summed E-state index contributed by atoms with van der Waals surface area (Å²) < 4.78 is 5.96. The molecule has 104 valence electrons. The molecule has 0 bridgehead atoms. The fourth-order valence-corrected chi connectivity index (χ4v) is 2.34. The molecule has 0 aromatic heterocycles. The molecule has 0 heterocycles. The molecule has 0 spiro atoms. The van der Waals surface area contributed by atoms with Gasteiger partial charge in [0.15, 0.2) is 0 Å². The summed E-state index contributed by atoms with van der Waals surface area (Å²) in [5, 5.41) is 10.7. The zero-order valence-corrected chi connectivity index (χ0v) is 11.5. The van der Waals surface area contributed by atoms with Gasteiger partial charge in [-0.3, -0.25) is 0 Å². The fraction of sp³-hybridized carbons (Fsp3) is 0.0556. The van der Waals surface area contributed by atoms with Crippen LogP contribution in [0.4, 0.5) is 0 Å². The number of carbonyl (C=O) groups is 1. The smallest absolute Gasteiger partial charge is 0.336 e. The van der Waals surface area contributed by atoms with Crippen molar-refractivity contribution < 1.29 is 14.6 Å². The number of aryl methyl sites for hydroxylation is 1. The van der Waals surface area contributed by atoms with E-state index in [1.54, 1.807) is 18.2 Å². The van der Waals surface area contributed by atoms with Gasteiger partial charge in [-0.05, 0) is 36.1 Å². The Labute approximate surface area is 122 Å². The molecule has 0 aliphatic heterocycles. The van der Waals surface area contributed by atoms with E-state index >= 15 is 0 Å². The third kappa shape index (κ3) is 2.46. The Morgan fingerprint density at radius 1 is 0.857 bits per heavy atom. The van der Waals surface area contributed by atoms with E-state index in [4.69, 9.17) is 4.74 Å². The summed E-state index contributed by atoms with van der Waals surface area (Å²) in [6.07, 6.45) is 0. The number of hydrogen-bond acceptors (Lipinski definition) is 2. The highest BCUT2D eigenvalue weighted by atomic mass is 16.5. The lowest BCUT2D eigenvalue weighted by molar-refractivity contribution is 0.0699. The van der Waals surface area contributed by atoms with Crippen LogP contribution in [0.2, 0.25) is 0 Å². The number of carboxylic acid groups (broad SMARTS) is 1. The van der Waals surface area contributed by atoms with E-state index in [2.05, 4.69) is 0 Å². The van der Waals surface area contributed by atoms with Gasteiger partial charge in [0.25, 0.3) is 0 Å². The van der Waals surface area contributed by atoms with Crippen LogP contribution < -0.4 is 4.74 Å². The summed E-state index contributed by atoms with van der Waals surface area (Å²) in [5.41, 5.74) is 1.31. The van der Waals surface area contributed by atoms with Crippen LogP contribution >= 0.6 is 0 Å². The van der Waals surface area contributed by atoms with Gasteiger partial charge in [0.05, 0.1) is 5.56 Å². The Balaban J connectivity index is 2.14. The molecule has 3 aromatic rings. The van der Waals surface area contributed by atoms with Crippen LogP contribution in [0.5, 0.6) is 11.5 Å². The minimum atomic E-state index is -0.936. The van der Waals surface area contributed by atoms with Crippen LogP contribution in [0.25, 0.3) is 10.8 Å². The molecule has 3 rings (SSSR count). The van der Waals surface area contributed by atoms with Crippen LogP contribution in [0, 0.1) is 6.92 Å². The summed E-state index contributed by atoms with van der Waals surface area (Å²) in [6.45, 7) is 1.98. The molecule has 0 saturated carbocycles. The lowest BCUT2D eigenvalue weighted by atomic mass is 10.0. The molecule has 0 fully saturated rings. The molecule has 0 atom stereocenters. The van der Waals surface area contributed by atoms with Crippen LogP contribution in [0.1, 0.15) is 15.9 Å². The molecule has 1 N–H and O–H groups in total. The largest absolute Gasteiger partial charge is 0.478 e. The van der Waals surface area contributed by atoms with Crippen molar-refractivity contribution in [3.05, 3.63) is 71.8 Å². The van der Waals surface area contributed by atoms with E-state index < -0.39 is 5.97 Å². The molecule has 3 heteroatoms. The minimum Gasteiger partial charge on any atom is -0.478 e. The molecule has 0 aliphatic rings. The van der Waals surface area contributed by atoms with Gasteiger partial charge in [-0.1, -0.05) is 42.5 Å². The van der Waals surface area contributed by atoms with Gasteiger partial charge >= 0.3 is 5.97 Å². The van der Waals surface area contributed by atoms with E-state index in [0.29, 0.717) is 11.1 Å². The van der Waals surface area contributed by atoms with Gasteiger partial charge in [-0.2, -0.15) is 0 Å². The second kappa shape index (κ2) is 5.29. The highest BCUT2D eigenvalue weighted by Gasteiger charge is 2.12.